The molecule has 2 N–H and O–H groups in total. The molecule has 126 valence electrons. The van der Waals surface area contributed by atoms with E-state index >= 15 is 0 Å². The van der Waals surface area contributed by atoms with Crippen LogP contribution in [-0.2, 0) is 17.8 Å². The van der Waals surface area contributed by atoms with Crippen LogP contribution in [0.25, 0.3) is 0 Å². The molecular formula is C19H22N2O3. The van der Waals surface area contributed by atoms with Crippen molar-refractivity contribution in [2.24, 2.45) is 5.41 Å². The van der Waals surface area contributed by atoms with Crippen molar-refractivity contribution in [3.05, 3.63) is 66.0 Å². The van der Waals surface area contributed by atoms with Crippen LogP contribution in [0.5, 0.6) is 0 Å². The van der Waals surface area contributed by atoms with E-state index in [1.54, 1.807) is 12.4 Å². The third kappa shape index (κ3) is 3.47. The average molecular weight is 326 g/mol. The molecule has 2 aromatic rings. The number of hydrogen-bond donors (Lipinski definition) is 2. The minimum atomic E-state index is -1.17. The molecule has 0 amide bonds. The zero-order chi connectivity index (χ0) is 17.0. The normalized spacial score (nSPS) is 24.6. The molecular weight excluding hydrogens is 304 g/mol. The van der Waals surface area contributed by atoms with Crippen molar-refractivity contribution in [3.63, 3.8) is 0 Å². The van der Waals surface area contributed by atoms with E-state index in [4.69, 9.17) is 0 Å². The number of rotatable bonds is 5. The fraction of sp³-hybridized carbons (Fsp3) is 0.368. The highest BCUT2D eigenvalue weighted by Crippen LogP contribution is 2.35. The zero-order valence-electron chi connectivity index (χ0n) is 13.5. The first-order valence-electron chi connectivity index (χ1n) is 8.17. The van der Waals surface area contributed by atoms with Crippen LogP contribution in [-0.4, -0.2) is 45.3 Å². The van der Waals surface area contributed by atoms with Gasteiger partial charge in [-0.3, -0.25) is 14.7 Å². The molecule has 1 aliphatic rings. The fourth-order valence-corrected chi connectivity index (χ4v) is 3.47. The van der Waals surface area contributed by atoms with Gasteiger partial charge in [-0.1, -0.05) is 30.3 Å². The monoisotopic (exact) mass is 326 g/mol. The topological polar surface area (TPSA) is 73.7 Å². The highest BCUT2D eigenvalue weighted by molar-refractivity contribution is 5.76. The molecule has 3 rings (SSSR count). The number of carboxylic acid groups (broad SMARTS) is 1. The lowest BCUT2D eigenvalue weighted by Crippen LogP contribution is -2.56. The van der Waals surface area contributed by atoms with Crippen molar-refractivity contribution in [3.8, 4) is 0 Å². The van der Waals surface area contributed by atoms with Crippen LogP contribution in [0.3, 0.4) is 0 Å². The molecule has 24 heavy (non-hydrogen) atoms. The number of hydrogen-bond acceptors (Lipinski definition) is 4. The lowest BCUT2D eigenvalue weighted by molar-refractivity contribution is -0.163. The number of likely N-dealkylation sites (tertiary alicyclic amines) is 1. The number of aliphatic hydroxyl groups is 1. The quantitative estimate of drug-likeness (QED) is 0.879. The number of piperidine rings is 1. The Balaban J connectivity index is 1.82. The van der Waals surface area contributed by atoms with Gasteiger partial charge in [0.2, 0.25) is 0 Å². The van der Waals surface area contributed by atoms with Gasteiger partial charge >= 0.3 is 5.97 Å². The van der Waals surface area contributed by atoms with Gasteiger partial charge in [-0.25, -0.2) is 0 Å². The first-order valence-corrected chi connectivity index (χ1v) is 8.17. The van der Waals surface area contributed by atoms with Gasteiger partial charge in [-0.05, 0) is 36.1 Å². The molecule has 2 heterocycles. The zero-order valence-corrected chi connectivity index (χ0v) is 13.5. The van der Waals surface area contributed by atoms with Gasteiger partial charge < -0.3 is 10.2 Å². The average Bonchev–Trinajstić information content (AvgIpc) is 2.59. The van der Waals surface area contributed by atoms with Crippen LogP contribution in [0.2, 0.25) is 0 Å². The Morgan fingerprint density at radius 2 is 1.88 bits per heavy atom. The Morgan fingerprint density at radius 3 is 2.54 bits per heavy atom. The van der Waals surface area contributed by atoms with Crippen molar-refractivity contribution in [1.82, 2.24) is 9.88 Å². The van der Waals surface area contributed by atoms with E-state index in [2.05, 4.69) is 9.88 Å². The van der Waals surface area contributed by atoms with Crippen LogP contribution in [0, 0.1) is 5.41 Å². The van der Waals surface area contributed by atoms with E-state index in [0.717, 1.165) is 11.1 Å². The highest BCUT2D eigenvalue weighted by Gasteiger charge is 2.49. The molecule has 1 aromatic heterocycles. The third-order valence-electron chi connectivity index (χ3n) is 4.81. The molecule has 1 fully saturated rings. The van der Waals surface area contributed by atoms with Crippen LogP contribution in [0.1, 0.15) is 17.5 Å². The van der Waals surface area contributed by atoms with Crippen molar-refractivity contribution >= 4 is 5.97 Å². The Bertz CT molecular complexity index is 678. The molecule has 0 radical (unpaired) electrons. The van der Waals surface area contributed by atoms with Crippen molar-refractivity contribution in [1.29, 1.82) is 0 Å². The summed E-state index contributed by atoms with van der Waals surface area (Å²) in [4.78, 5) is 18.2. The number of benzene rings is 1. The van der Waals surface area contributed by atoms with Gasteiger partial charge in [0.05, 0.1) is 6.10 Å². The molecule has 0 aliphatic carbocycles. The molecule has 5 nitrogen and oxygen atoms in total. The van der Waals surface area contributed by atoms with Crippen LogP contribution >= 0.6 is 0 Å². The van der Waals surface area contributed by atoms with Crippen LogP contribution in [0.4, 0.5) is 0 Å². The predicted octanol–water partition coefficient (Wildman–Crippen LogP) is 1.96. The number of aromatic nitrogens is 1. The van der Waals surface area contributed by atoms with Crippen molar-refractivity contribution < 1.29 is 15.0 Å². The first-order chi connectivity index (χ1) is 11.6. The molecule has 0 spiro atoms. The van der Waals surface area contributed by atoms with Crippen molar-refractivity contribution in [2.45, 2.75) is 25.5 Å². The minimum Gasteiger partial charge on any atom is -0.481 e. The number of aliphatic hydroxyl groups excluding tert-OH is 1. The molecule has 2 atom stereocenters. The van der Waals surface area contributed by atoms with Crippen LogP contribution < -0.4 is 0 Å². The largest absolute Gasteiger partial charge is 0.481 e. The summed E-state index contributed by atoms with van der Waals surface area (Å²) in [6.45, 7) is 1.69. The maximum atomic E-state index is 12.1. The van der Waals surface area contributed by atoms with Gasteiger partial charge in [-0.2, -0.15) is 0 Å². The summed E-state index contributed by atoms with van der Waals surface area (Å²) in [6, 6.07) is 13.4. The summed E-state index contributed by atoms with van der Waals surface area (Å²) in [7, 11) is 0. The van der Waals surface area contributed by atoms with Gasteiger partial charge in [-0.15, -0.1) is 0 Å². The van der Waals surface area contributed by atoms with E-state index in [1.807, 2.05) is 42.5 Å². The smallest absolute Gasteiger partial charge is 0.313 e. The Labute approximate surface area is 141 Å². The molecule has 1 aromatic carbocycles. The van der Waals surface area contributed by atoms with Gasteiger partial charge in [0.25, 0.3) is 0 Å². The second-order valence-corrected chi connectivity index (χ2v) is 6.49. The Hall–Kier alpha value is -2.24. The highest BCUT2D eigenvalue weighted by atomic mass is 16.4. The Morgan fingerprint density at radius 1 is 1.17 bits per heavy atom. The third-order valence-corrected chi connectivity index (χ3v) is 4.81. The van der Waals surface area contributed by atoms with Crippen molar-refractivity contribution in [2.75, 3.05) is 13.1 Å². The van der Waals surface area contributed by atoms with Gasteiger partial charge in [0, 0.05) is 32.0 Å². The fourth-order valence-electron chi connectivity index (χ4n) is 3.47. The number of carbonyl (C=O) groups is 1. The van der Waals surface area contributed by atoms with Gasteiger partial charge in [0.15, 0.2) is 0 Å². The molecule has 0 saturated carbocycles. The summed E-state index contributed by atoms with van der Waals surface area (Å²) in [5.74, 6) is -0.932. The van der Waals surface area contributed by atoms with E-state index in [9.17, 15) is 15.0 Å². The number of carboxylic acids is 1. The maximum Gasteiger partial charge on any atom is 0.313 e. The van der Waals surface area contributed by atoms with E-state index in [-0.39, 0.29) is 0 Å². The summed E-state index contributed by atoms with van der Waals surface area (Å²) in [5, 5.41) is 20.4. The standard InChI is InChI=1S/C19H22N2O3/c22-17-8-11-21(13-16-6-9-20-10-7-16)14-19(17,18(23)24)12-15-4-2-1-3-5-15/h1-7,9-10,17,22H,8,11-14H2,(H,23,24)/t17-,19+/m0/s1. The summed E-state index contributed by atoms with van der Waals surface area (Å²) in [6.07, 6.45) is 3.43. The Kier molecular flexibility index (Phi) is 4.92. The molecule has 0 bridgehead atoms. The van der Waals surface area contributed by atoms with Gasteiger partial charge in [0.1, 0.15) is 5.41 Å². The SMILES string of the molecule is O=C(O)[C@]1(Cc2ccccc2)CN(Cc2ccncc2)CC[C@@H]1O. The number of aliphatic carboxylic acids is 1. The van der Waals surface area contributed by atoms with Crippen LogP contribution in [0.15, 0.2) is 54.9 Å². The predicted molar refractivity (Wildman–Crippen MR) is 90.4 cm³/mol. The maximum absolute atomic E-state index is 12.1. The van der Waals surface area contributed by atoms with E-state index < -0.39 is 17.5 Å². The second kappa shape index (κ2) is 7.11. The van der Waals surface area contributed by atoms with E-state index in [1.165, 1.54) is 0 Å². The lowest BCUT2D eigenvalue weighted by Gasteiger charge is -2.43. The molecule has 5 heteroatoms. The molecule has 0 unspecified atom stereocenters. The second-order valence-electron chi connectivity index (χ2n) is 6.49. The summed E-state index contributed by atoms with van der Waals surface area (Å²) >= 11 is 0. The summed E-state index contributed by atoms with van der Waals surface area (Å²) in [5.41, 5.74) is 0.859. The summed E-state index contributed by atoms with van der Waals surface area (Å²) < 4.78 is 0. The molecule has 1 saturated heterocycles. The first kappa shape index (κ1) is 16.6. The van der Waals surface area contributed by atoms with E-state index in [0.29, 0.717) is 32.5 Å². The number of nitrogens with zero attached hydrogens (tertiary/aromatic N) is 2. The lowest BCUT2D eigenvalue weighted by atomic mass is 9.73. The minimum absolute atomic E-state index is 0.331. The number of pyridine rings is 1. The molecule has 1 aliphatic heterocycles.